The maximum Gasteiger partial charge on any atom is 0.277 e. The van der Waals surface area contributed by atoms with Crippen LogP contribution in [0.2, 0.25) is 0 Å². The van der Waals surface area contributed by atoms with Crippen molar-refractivity contribution in [3.63, 3.8) is 0 Å². The minimum Gasteiger partial charge on any atom is -0.369 e. The first-order valence-electron chi connectivity index (χ1n) is 4.35. The number of rotatable bonds is 1. The van der Waals surface area contributed by atoms with Crippen LogP contribution < -0.4 is 16.6 Å². The fourth-order valence-corrected chi connectivity index (χ4v) is 1.56. The highest BCUT2D eigenvalue weighted by Gasteiger charge is 2.19. The Labute approximate surface area is 102 Å². The number of nitrogens with two attached hydrogens (primary N) is 1. The lowest BCUT2D eigenvalue weighted by atomic mass is 10.2. The molecule has 1 aliphatic rings. The Hall–Kier alpha value is -1.41. The number of fused-ring (bicyclic) bond motifs is 1. The van der Waals surface area contributed by atoms with Crippen molar-refractivity contribution in [2.75, 3.05) is 11.1 Å². The van der Waals surface area contributed by atoms with Crippen molar-refractivity contribution >= 4 is 48.9 Å². The molecule has 0 fully saturated rings. The highest BCUT2D eigenvalue weighted by atomic mass is 32.1. The average Bonchev–Trinajstić information content (AvgIpc) is 2.27. The van der Waals surface area contributed by atoms with Crippen LogP contribution >= 0.6 is 25.3 Å². The fourth-order valence-electron chi connectivity index (χ4n) is 1.27. The number of nitrogens with one attached hydrogen (secondary N) is 2. The van der Waals surface area contributed by atoms with E-state index in [2.05, 4.69) is 45.5 Å². The van der Waals surface area contributed by atoms with Crippen LogP contribution in [0.4, 0.5) is 17.5 Å². The second kappa shape index (κ2) is 4.22. The molecule has 0 amide bonds. The number of thiol groups is 2. The maximum atomic E-state index is 11.6. The zero-order valence-corrected chi connectivity index (χ0v) is 9.80. The largest absolute Gasteiger partial charge is 0.369 e. The Morgan fingerprint density at radius 1 is 1.62 bits per heavy atom. The van der Waals surface area contributed by atoms with Gasteiger partial charge < -0.3 is 11.1 Å². The summed E-state index contributed by atoms with van der Waals surface area (Å²) in [6.07, 6.45) is 1.59. The molecule has 6 nitrogen and oxygen atoms in total. The van der Waals surface area contributed by atoms with Crippen LogP contribution in [-0.4, -0.2) is 22.2 Å². The van der Waals surface area contributed by atoms with Crippen LogP contribution in [0.5, 0.6) is 0 Å². The lowest BCUT2D eigenvalue weighted by Crippen LogP contribution is -2.29. The van der Waals surface area contributed by atoms with E-state index in [1.165, 1.54) is 5.41 Å². The van der Waals surface area contributed by atoms with Gasteiger partial charge in [-0.1, -0.05) is 0 Å². The second-order valence-electron chi connectivity index (χ2n) is 3.10. The number of aromatic amines is 1. The molecule has 0 aliphatic carbocycles. The number of nitrogens with zero attached hydrogens (tertiary/aromatic N) is 2. The van der Waals surface area contributed by atoms with Gasteiger partial charge in [0.2, 0.25) is 5.95 Å². The lowest BCUT2D eigenvalue weighted by Gasteiger charge is -2.19. The molecule has 4 N–H and O–H groups in total. The molecular weight excluding hydrogens is 246 g/mol. The van der Waals surface area contributed by atoms with Gasteiger partial charge in [-0.3, -0.25) is 9.78 Å². The Kier molecular flexibility index (Phi) is 2.92. The highest BCUT2D eigenvalue weighted by molar-refractivity contribution is 7.88. The molecule has 0 saturated heterocycles. The third kappa shape index (κ3) is 1.93. The van der Waals surface area contributed by atoms with Gasteiger partial charge in [0.15, 0.2) is 5.82 Å². The number of H-pyrrole nitrogens is 1. The summed E-state index contributed by atoms with van der Waals surface area (Å²) < 4.78 is 0. The number of aliphatic imine (C=N–C) groups is 1. The second-order valence-corrected chi connectivity index (χ2v) is 3.88. The minimum absolute atomic E-state index is 0.0389. The van der Waals surface area contributed by atoms with Gasteiger partial charge in [-0.15, -0.1) is 12.6 Å². The lowest BCUT2D eigenvalue weighted by molar-refractivity contribution is 1.06. The molecule has 0 bridgehead atoms. The van der Waals surface area contributed by atoms with Crippen LogP contribution in [0, 0.1) is 0 Å². The molecule has 1 aliphatic heterocycles. The zero-order valence-electron chi connectivity index (χ0n) is 8.01. The van der Waals surface area contributed by atoms with Gasteiger partial charge in [0, 0.05) is 11.1 Å². The topological polar surface area (TPSA) is 96.2 Å². The molecule has 0 spiro atoms. The van der Waals surface area contributed by atoms with E-state index in [-0.39, 0.29) is 29.1 Å². The SMILES string of the molecule is Nc1nc2c(c(=O)[nH]1)NC(/C(S)=C/S)C=N2. The van der Waals surface area contributed by atoms with Crippen LogP contribution in [0.1, 0.15) is 0 Å². The molecule has 16 heavy (non-hydrogen) atoms. The molecule has 8 heteroatoms. The van der Waals surface area contributed by atoms with Crippen molar-refractivity contribution in [3.05, 3.63) is 20.7 Å². The molecule has 0 radical (unpaired) electrons. The quantitative estimate of drug-likeness (QED) is 0.473. The van der Waals surface area contributed by atoms with Crippen LogP contribution in [0.25, 0.3) is 0 Å². The van der Waals surface area contributed by atoms with Crippen molar-refractivity contribution in [1.82, 2.24) is 9.97 Å². The molecule has 84 valence electrons. The third-order valence-corrected chi connectivity index (χ3v) is 2.90. The van der Waals surface area contributed by atoms with E-state index in [0.29, 0.717) is 4.91 Å². The van der Waals surface area contributed by atoms with Crippen LogP contribution in [-0.2, 0) is 0 Å². The Morgan fingerprint density at radius 3 is 3.06 bits per heavy atom. The van der Waals surface area contributed by atoms with Gasteiger partial charge >= 0.3 is 0 Å². The predicted molar refractivity (Wildman–Crippen MR) is 70.9 cm³/mol. The maximum absolute atomic E-state index is 11.6. The van der Waals surface area contributed by atoms with Gasteiger partial charge in [0.05, 0.1) is 6.04 Å². The monoisotopic (exact) mass is 255 g/mol. The van der Waals surface area contributed by atoms with Crippen LogP contribution in [0.15, 0.2) is 20.1 Å². The predicted octanol–water partition coefficient (Wildman–Crippen LogP) is 0.549. The number of nitrogen functional groups attached to an aromatic ring is 1. The van der Waals surface area contributed by atoms with Crippen molar-refractivity contribution < 1.29 is 0 Å². The molecule has 1 aromatic rings. The molecule has 1 atom stereocenters. The van der Waals surface area contributed by atoms with E-state index in [9.17, 15) is 4.79 Å². The summed E-state index contributed by atoms with van der Waals surface area (Å²) in [4.78, 5) is 22.5. The molecule has 2 rings (SSSR count). The summed E-state index contributed by atoms with van der Waals surface area (Å²) in [5.74, 6) is 0.315. The fraction of sp³-hybridized carbons (Fsp3) is 0.125. The first kappa shape index (κ1) is 11.1. The standard InChI is InChI=1S/C8H9N5OS2/c9-8-12-6-5(7(14)13-8)11-3(1-10-6)4(16)2-15/h1-3,11,15-16H,(H3,9,12,13,14)/b4-2-. The Morgan fingerprint density at radius 2 is 2.38 bits per heavy atom. The number of anilines is 2. The third-order valence-electron chi connectivity index (χ3n) is 2.02. The van der Waals surface area contributed by atoms with E-state index < -0.39 is 0 Å². The van der Waals surface area contributed by atoms with E-state index >= 15 is 0 Å². The Bertz CT molecular complexity index is 536. The van der Waals surface area contributed by atoms with E-state index in [0.717, 1.165) is 0 Å². The molecule has 0 aromatic carbocycles. The minimum atomic E-state index is -0.357. The number of aromatic nitrogens is 2. The van der Waals surface area contributed by atoms with Gasteiger partial charge in [-0.2, -0.15) is 17.6 Å². The smallest absolute Gasteiger partial charge is 0.277 e. The van der Waals surface area contributed by atoms with E-state index in [1.54, 1.807) is 6.21 Å². The molecule has 1 aromatic heterocycles. The van der Waals surface area contributed by atoms with Gasteiger partial charge in [0.25, 0.3) is 5.56 Å². The Balaban J connectivity index is 2.45. The summed E-state index contributed by atoms with van der Waals surface area (Å²) >= 11 is 8.17. The summed E-state index contributed by atoms with van der Waals surface area (Å²) in [7, 11) is 0. The zero-order chi connectivity index (χ0) is 11.7. The van der Waals surface area contributed by atoms with Gasteiger partial charge in [0.1, 0.15) is 5.69 Å². The number of hydrogen-bond acceptors (Lipinski definition) is 7. The highest BCUT2D eigenvalue weighted by Crippen LogP contribution is 2.25. The van der Waals surface area contributed by atoms with E-state index in [1.807, 2.05) is 0 Å². The first-order valence-corrected chi connectivity index (χ1v) is 5.32. The van der Waals surface area contributed by atoms with Crippen LogP contribution in [0.3, 0.4) is 0 Å². The van der Waals surface area contributed by atoms with Gasteiger partial charge in [-0.25, -0.2) is 4.99 Å². The summed E-state index contributed by atoms with van der Waals surface area (Å²) in [6, 6.07) is -0.278. The van der Waals surface area contributed by atoms with Crippen molar-refractivity contribution in [1.29, 1.82) is 0 Å². The van der Waals surface area contributed by atoms with Crippen molar-refractivity contribution in [2.45, 2.75) is 6.04 Å². The number of hydrogen-bond donors (Lipinski definition) is 5. The normalized spacial score (nSPS) is 19.1. The van der Waals surface area contributed by atoms with Crippen molar-refractivity contribution in [2.24, 2.45) is 4.99 Å². The summed E-state index contributed by atoms with van der Waals surface area (Å²) in [5.41, 5.74) is 5.32. The van der Waals surface area contributed by atoms with Gasteiger partial charge in [-0.05, 0) is 5.41 Å². The summed E-state index contributed by atoms with van der Waals surface area (Å²) in [5, 5.41) is 4.46. The molecule has 2 heterocycles. The molecule has 1 unspecified atom stereocenters. The first-order chi connectivity index (χ1) is 7.61. The average molecular weight is 255 g/mol. The molecular formula is C8H9N5OS2. The van der Waals surface area contributed by atoms with Crippen molar-refractivity contribution in [3.8, 4) is 0 Å². The molecule has 0 saturated carbocycles. The van der Waals surface area contributed by atoms with E-state index in [4.69, 9.17) is 5.73 Å². The summed E-state index contributed by atoms with van der Waals surface area (Å²) in [6.45, 7) is 0.